The van der Waals surface area contributed by atoms with Crippen LogP contribution in [0.15, 0.2) is 23.1 Å². The van der Waals surface area contributed by atoms with Gasteiger partial charge in [0, 0.05) is 18.8 Å². The van der Waals surface area contributed by atoms with Gasteiger partial charge in [0.05, 0.1) is 11.0 Å². The molecule has 1 saturated heterocycles. The second-order valence-electron chi connectivity index (χ2n) is 5.80. The van der Waals surface area contributed by atoms with Crippen LogP contribution in [-0.2, 0) is 26.0 Å². The van der Waals surface area contributed by atoms with Crippen molar-refractivity contribution in [3.8, 4) is 0 Å². The predicted octanol–water partition coefficient (Wildman–Crippen LogP) is 0.412. The van der Waals surface area contributed by atoms with Gasteiger partial charge in [0.1, 0.15) is 6.10 Å². The molecule has 2 atom stereocenters. The standard InChI is InChI=1S/C15H21N3O4S.ClH/c1-17-23(20,21)12-3-4-13-10(8-12)6-7-18(13)15(19)14-5-2-11(9-16)22-14;/h3-4,8,11,14,17H,2,5-7,9,16H2,1H3;1H/t11-,14+;/m1./s1. The minimum absolute atomic E-state index is 0. The first-order chi connectivity index (χ1) is 11.0. The Morgan fingerprint density at radius 2 is 2.17 bits per heavy atom. The van der Waals surface area contributed by atoms with E-state index in [0.29, 0.717) is 25.9 Å². The zero-order chi connectivity index (χ0) is 16.6. The van der Waals surface area contributed by atoms with E-state index in [1.165, 1.54) is 13.1 Å². The normalized spacial score (nSPS) is 23.0. The molecule has 7 nitrogen and oxygen atoms in total. The molecule has 0 saturated carbocycles. The lowest BCUT2D eigenvalue weighted by Crippen LogP contribution is -2.38. The summed E-state index contributed by atoms with van der Waals surface area (Å²) in [5.74, 6) is -0.0658. The van der Waals surface area contributed by atoms with E-state index in [-0.39, 0.29) is 29.3 Å². The number of carbonyl (C=O) groups is 1. The summed E-state index contributed by atoms with van der Waals surface area (Å²) < 4.78 is 31.7. The monoisotopic (exact) mass is 375 g/mol. The van der Waals surface area contributed by atoms with Gasteiger partial charge in [-0.3, -0.25) is 4.79 Å². The smallest absolute Gasteiger partial charge is 0.256 e. The van der Waals surface area contributed by atoms with E-state index < -0.39 is 16.1 Å². The topological polar surface area (TPSA) is 102 Å². The van der Waals surface area contributed by atoms with Crippen molar-refractivity contribution < 1.29 is 17.9 Å². The summed E-state index contributed by atoms with van der Waals surface area (Å²) in [5.41, 5.74) is 7.22. The van der Waals surface area contributed by atoms with Crippen molar-refractivity contribution in [1.29, 1.82) is 0 Å². The third-order valence-corrected chi connectivity index (χ3v) is 5.85. The highest BCUT2D eigenvalue weighted by atomic mass is 35.5. The number of amides is 1. The molecule has 2 aliphatic rings. The number of ether oxygens (including phenoxy) is 1. The van der Waals surface area contributed by atoms with Gasteiger partial charge in [-0.05, 0) is 50.1 Å². The van der Waals surface area contributed by atoms with Gasteiger partial charge in [-0.15, -0.1) is 12.4 Å². The molecule has 1 aromatic rings. The van der Waals surface area contributed by atoms with Gasteiger partial charge in [0.25, 0.3) is 5.91 Å². The number of anilines is 1. The van der Waals surface area contributed by atoms with Gasteiger partial charge in [0.2, 0.25) is 10.0 Å². The quantitative estimate of drug-likeness (QED) is 0.793. The van der Waals surface area contributed by atoms with Crippen molar-refractivity contribution >= 4 is 34.0 Å². The molecule has 0 bridgehead atoms. The number of carbonyl (C=O) groups excluding carboxylic acids is 1. The van der Waals surface area contributed by atoms with E-state index >= 15 is 0 Å². The van der Waals surface area contributed by atoms with Gasteiger partial charge in [0.15, 0.2) is 0 Å². The van der Waals surface area contributed by atoms with Gasteiger partial charge in [-0.25, -0.2) is 13.1 Å². The molecule has 1 fully saturated rings. The third-order valence-electron chi connectivity index (χ3n) is 4.44. The largest absolute Gasteiger partial charge is 0.364 e. The molecule has 0 aromatic heterocycles. The van der Waals surface area contributed by atoms with Crippen LogP contribution in [0.4, 0.5) is 5.69 Å². The predicted molar refractivity (Wildman–Crippen MR) is 92.9 cm³/mol. The summed E-state index contributed by atoms with van der Waals surface area (Å²) in [7, 11) is -2.10. The number of nitrogens with two attached hydrogens (primary N) is 1. The Morgan fingerprint density at radius 3 is 2.79 bits per heavy atom. The molecule has 3 rings (SSSR count). The summed E-state index contributed by atoms with van der Waals surface area (Å²) in [4.78, 5) is 14.5. The Bertz CT molecular complexity index is 725. The van der Waals surface area contributed by atoms with E-state index in [4.69, 9.17) is 10.5 Å². The average Bonchev–Trinajstić information content (AvgIpc) is 3.20. The third kappa shape index (κ3) is 3.43. The molecule has 2 aliphatic heterocycles. The number of hydrogen-bond acceptors (Lipinski definition) is 5. The highest BCUT2D eigenvalue weighted by Gasteiger charge is 2.36. The fraction of sp³-hybridized carbons (Fsp3) is 0.533. The van der Waals surface area contributed by atoms with E-state index in [2.05, 4.69) is 4.72 Å². The molecule has 1 aromatic carbocycles. The highest BCUT2D eigenvalue weighted by Crippen LogP contribution is 2.32. The molecule has 0 aliphatic carbocycles. The minimum atomic E-state index is -3.48. The second-order valence-corrected chi connectivity index (χ2v) is 7.68. The summed E-state index contributed by atoms with van der Waals surface area (Å²) in [6, 6.07) is 4.85. The Hall–Kier alpha value is -1.19. The number of fused-ring (bicyclic) bond motifs is 1. The average molecular weight is 376 g/mol. The summed E-state index contributed by atoms with van der Waals surface area (Å²) in [6.07, 6.45) is 1.62. The summed E-state index contributed by atoms with van der Waals surface area (Å²) in [5, 5.41) is 0. The molecule has 2 heterocycles. The van der Waals surface area contributed by atoms with Gasteiger partial charge < -0.3 is 15.4 Å². The number of sulfonamides is 1. The molecule has 0 unspecified atom stereocenters. The SMILES string of the molecule is CNS(=O)(=O)c1ccc2c(c1)CCN2C(=O)[C@@H]1CC[C@H](CN)O1.Cl. The Balaban J connectivity index is 0.00000208. The second kappa shape index (κ2) is 7.37. The molecule has 0 spiro atoms. The van der Waals surface area contributed by atoms with E-state index in [1.54, 1.807) is 17.0 Å². The Morgan fingerprint density at radius 1 is 1.42 bits per heavy atom. The van der Waals surface area contributed by atoms with Crippen molar-refractivity contribution in [2.24, 2.45) is 5.73 Å². The Labute approximate surface area is 148 Å². The molecule has 0 radical (unpaired) electrons. The van der Waals surface area contributed by atoms with Crippen LogP contribution in [0.2, 0.25) is 0 Å². The minimum Gasteiger partial charge on any atom is -0.364 e. The van der Waals surface area contributed by atoms with Crippen molar-refractivity contribution in [3.63, 3.8) is 0 Å². The number of rotatable bonds is 4. The molecule has 24 heavy (non-hydrogen) atoms. The molecular formula is C15H22ClN3O4S. The van der Waals surface area contributed by atoms with Crippen LogP contribution in [0.25, 0.3) is 0 Å². The maximum absolute atomic E-state index is 12.6. The van der Waals surface area contributed by atoms with Crippen LogP contribution >= 0.6 is 12.4 Å². The van der Waals surface area contributed by atoms with Crippen LogP contribution in [0.5, 0.6) is 0 Å². The molecule has 9 heteroatoms. The van der Waals surface area contributed by atoms with Gasteiger partial charge in [-0.2, -0.15) is 0 Å². The maximum atomic E-state index is 12.6. The van der Waals surface area contributed by atoms with E-state index in [0.717, 1.165) is 17.7 Å². The van der Waals surface area contributed by atoms with Crippen LogP contribution < -0.4 is 15.4 Å². The fourth-order valence-corrected chi connectivity index (χ4v) is 3.91. The summed E-state index contributed by atoms with van der Waals surface area (Å²) >= 11 is 0. The number of halogens is 1. The van der Waals surface area contributed by atoms with Crippen LogP contribution in [0, 0.1) is 0 Å². The molecule has 3 N–H and O–H groups in total. The lowest BCUT2D eigenvalue weighted by molar-refractivity contribution is -0.129. The van der Waals surface area contributed by atoms with Crippen molar-refractivity contribution in [2.75, 3.05) is 25.0 Å². The van der Waals surface area contributed by atoms with E-state index in [9.17, 15) is 13.2 Å². The van der Waals surface area contributed by atoms with E-state index in [1.807, 2.05) is 0 Å². The van der Waals surface area contributed by atoms with Crippen molar-refractivity contribution in [3.05, 3.63) is 23.8 Å². The van der Waals surface area contributed by atoms with Crippen molar-refractivity contribution in [1.82, 2.24) is 4.72 Å². The molecule has 1 amide bonds. The van der Waals surface area contributed by atoms with Crippen LogP contribution in [0.1, 0.15) is 18.4 Å². The first kappa shape index (κ1) is 19.1. The lowest BCUT2D eigenvalue weighted by Gasteiger charge is -2.21. The molecule has 134 valence electrons. The number of nitrogens with zero attached hydrogens (tertiary/aromatic N) is 1. The Kier molecular flexibility index (Phi) is 5.87. The number of hydrogen-bond donors (Lipinski definition) is 2. The summed E-state index contributed by atoms with van der Waals surface area (Å²) in [6.45, 7) is 0.968. The molecular weight excluding hydrogens is 354 g/mol. The van der Waals surface area contributed by atoms with Crippen molar-refractivity contribution in [2.45, 2.75) is 36.4 Å². The fourth-order valence-electron chi connectivity index (χ4n) is 3.13. The highest BCUT2D eigenvalue weighted by molar-refractivity contribution is 7.89. The zero-order valence-corrected chi connectivity index (χ0v) is 15.0. The van der Waals surface area contributed by atoms with Gasteiger partial charge >= 0.3 is 0 Å². The maximum Gasteiger partial charge on any atom is 0.256 e. The first-order valence-electron chi connectivity index (χ1n) is 7.69. The van der Waals surface area contributed by atoms with Crippen LogP contribution in [-0.4, -0.2) is 46.7 Å². The zero-order valence-electron chi connectivity index (χ0n) is 13.4. The lowest BCUT2D eigenvalue weighted by atomic mass is 10.1. The van der Waals surface area contributed by atoms with Crippen LogP contribution in [0.3, 0.4) is 0 Å². The number of benzene rings is 1. The first-order valence-corrected chi connectivity index (χ1v) is 9.18. The number of nitrogens with one attached hydrogen (secondary N) is 1. The van der Waals surface area contributed by atoms with Gasteiger partial charge in [-0.1, -0.05) is 0 Å².